The van der Waals surface area contributed by atoms with Crippen LogP contribution in [0, 0.1) is 5.92 Å². The molecule has 0 fully saturated rings. The van der Waals surface area contributed by atoms with Crippen LogP contribution in [0.25, 0.3) is 0 Å². The Balaban J connectivity index is 2.28. The predicted molar refractivity (Wildman–Crippen MR) is 56.3 cm³/mol. The van der Waals surface area contributed by atoms with Crippen LogP contribution in [0.5, 0.6) is 0 Å². The van der Waals surface area contributed by atoms with Crippen molar-refractivity contribution >= 4 is 0 Å². The Morgan fingerprint density at radius 2 is 2.23 bits per heavy atom. The van der Waals surface area contributed by atoms with Crippen LogP contribution < -0.4 is 5.73 Å². The summed E-state index contributed by atoms with van der Waals surface area (Å²) in [4.78, 5) is 0. The maximum Gasteiger partial charge on any atom is 0.00793 e. The lowest BCUT2D eigenvalue weighted by Crippen LogP contribution is -2.20. The molecule has 0 spiro atoms. The smallest absolute Gasteiger partial charge is 0.00793 e. The van der Waals surface area contributed by atoms with Gasteiger partial charge >= 0.3 is 0 Å². The van der Waals surface area contributed by atoms with Crippen molar-refractivity contribution < 1.29 is 0 Å². The third-order valence-corrected chi connectivity index (χ3v) is 2.85. The first-order valence-electron chi connectivity index (χ1n) is 5.05. The molecule has 2 rings (SSSR count). The lowest BCUT2D eigenvalue weighted by molar-refractivity contribution is 0.519. The molecule has 0 amide bonds. The van der Waals surface area contributed by atoms with Crippen LogP contribution in [0.15, 0.2) is 35.5 Å². The minimum atomic E-state index is 0.359. The van der Waals surface area contributed by atoms with E-state index in [9.17, 15) is 0 Å². The summed E-state index contributed by atoms with van der Waals surface area (Å²) in [6.45, 7) is 2.17. The Labute approximate surface area is 80.0 Å². The summed E-state index contributed by atoms with van der Waals surface area (Å²) in [5, 5.41) is 0. The lowest BCUT2D eigenvalue weighted by atomic mass is 9.95. The van der Waals surface area contributed by atoms with E-state index in [-0.39, 0.29) is 0 Å². The summed E-state index contributed by atoms with van der Waals surface area (Å²) in [5.41, 5.74) is 8.83. The fourth-order valence-corrected chi connectivity index (χ4v) is 2.19. The van der Waals surface area contributed by atoms with E-state index in [1.54, 1.807) is 0 Å². The zero-order valence-electron chi connectivity index (χ0n) is 8.16. The van der Waals surface area contributed by atoms with Gasteiger partial charge in [0.1, 0.15) is 0 Å². The maximum absolute atomic E-state index is 5.99. The molecule has 70 valence electrons. The molecule has 2 bridgehead atoms. The molecule has 0 radical (unpaired) electrons. The van der Waals surface area contributed by atoms with Gasteiger partial charge in [0.2, 0.25) is 0 Å². The highest BCUT2D eigenvalue weighted by Crippen LogP contribution is 2.28. The Bertz CT molecular complexity index is 283. The summed E-state index contributed by atoms with van der Waals surface area (Å²) in [5.74, 6) is 0.666. The van der Waals surface area contributed by atoms with Crippen molar-refractivity contribution in [3.8, 4) is 0 Å². The molecule has 1 unspecified atom stereocenters. The highest BCUT2D eigenvalue weighted by Gasteiger charge is 2.17. The van der Waals surface area contributed by atoms with Crippen LogP contribution in [0.2, 0.25) is 0 Å². The standard InChI is InChI=1S/C12H17N/c1-9-2-3-10-4-5-12(13)8-11(6-9)7-10/h2-4,6,11-12H,5,7-8,13H2,1H3/t11?,12-/m0/s1. The maximum atomic E-state index is 5.99. The number of rotatable bonds is 0. The van der Waals surface area contributed by atoms with Crippen molar-refractivity contribution in [1.29, 1.82) is 0 Å². The highest BCUT2D eigenvalue weighted by molar-refractivity contribution is 5.32. The van der Waals surface area contributed by atoms with E-state index >= 15 is 0 Å². The third kappa shape index (κ3) is 2.10. The molecule has 2 N–H and O–H groups in total. The molecule has 2 atom stereocenters. The van der Waals surface area contributed by atoms with Gasteiger partial charge in [0.25, 0.3) is 0 Å². The first kappa shape index (κ1) is 8.76. The molecule has 13 heavy (non-hydrogen) atoms. The van der Waals surface area contributed by atoms with Crippen LogP contribution >= 0.6 is 0 Å². The first-order valence-corrected chi connectivity index (χ1v) is 5.05. The van der Waals surface area contributed by atoms with Gasteiger partial charge in [0, 0.05) is 6.04 Å². The van der Waals surface area contributed by atoms with E-state index in [2.05, 4.69) is 31.2 Å². The van der Waals surface area contributed by atoms with Gasteiger partial charge in [-0.2, -0.15) is 0 Å². The van der Waals surface area contributed by atoms with Crippen LogP contribution in [0.3, 0.4) is 0 Å². The van der Waals surface area contributed by atoms with Crippen LogP contribution in [0.1, 0.15) is 26.2 Å². The first-order chi connectivity index (χ1) is 6.24. The number of hydrogen-bond acceptors (Lipinski definition) is 1. The fourth-order valence-electron chi connectivity index (χ4n) is 2.19. The second-order valence-corrected chi connectivity index (χ2v) is 4.22. The number of fused-ring (bicyclic) bond motifs is 2. The van der Waals surface area contributed by atoms with Crippen molar-refractivity contribution in [2.45, 2.75) is 32.2 Å². The monoisotopic (exact) mass is 175 g/mol. The molecule has 0 saturated heterocycles. The molecule has 2 aliphatic rings. The van der Waals surface area contributed by atoms with E-state index in [0.29, 0.717) is 12.0 Å². The molecule has 0 aromatic carbocycles. The molecule has 0 saturated carbocycles. The average Bonchev–Trinajstić information content (AvgIpc) is 2.33. The molecule has 0 aliphatic heterocycles. The van der Waals surface area contributed by atoms with Gasteiger partial charge < -0.3 is 5.73 Å². The van der Waals surface area contributed by atoms with Gasteiger partial charge in [0.15, 0.2) is 0 Å². The molecular weight excluding hydrogens is 158 g/mol. The zero-order valence-corrected chi connectivity index (χ0v) is 8.16. The molecule has 1 nitrogen and oxygen atoms in total. The van der Waals surface area contributed by atoms with E-state index in [1.165, 1.54) is 17.6 Å². The number of nitrogens with two attached hydrogens (primary N) is 1. The summed E-state index contributed by atoms with van der Waals surface area (Å²) >= 11 is 0. The van der Waals surface area contributed by atoms with Crippen LogP contribution in [-0.4, -0.2) is 6.04 Å². The van der Waals surface area contributed by atoms with Gasteiger partial charge in [-0.25, -0.2) is 0 Å². The van der Waals surface area contributed by atoms with Crippen molar-refractivity contribution in [3.63, 3.8) is 0 Å². The van der Waals surface area contributed by atoms with Gasteiger partial charge in [0.05, 0.1) is 0 Å². The van der Waals surface area contributed by atoms with E-state index in [4.69, 9.17) is 5.73 Å². The largest absolute Gasteiger partial charge is 0.327 e. The lowest BCUT2D eigenvalue weighted by Gasteiger charge is -2.13. The van der Waals surface area contributed by atoms with Gasteiger partial charge in [-0.05, 0) is 32.1 Å². The van der Waals surface area contributed by atoms with Crippen molar-refractivity contribution in [2.75, 3.05) is 0 Å². The molecule has 2 aliphatic carbocycles. The third-order valence-electron chi connectivity index (χ3n) is 2.85. The topological polar surface area (TPSA) is 26.0 Å². The molecular formula is C12H17N. The molecule has 0 aromatic heterocycles. The summed E-state index contributed by atoms with van der Waals surface area (Å²) < 4.78 is 0. The molecule has 1 heteroatoms. The van der Waals surface area contributed by atoms with Gasteiger partial charge in [-0.3, -0.25) is 0 Å². The minimum absolute atomic E-state index is 0.359. The number of hydrogen-bond donors (Lipinski definition) is 1. The Kier molecular flexibility index (Phi) is 2.36. The number of allylic oxidation sites excluding steroid dienone is 5. The molecule has 0 heterocycles. The van der Waals surface area contributed by atoms with Crippen molar-refractivity contribution in [3.05, 3.63) is 35.5 Å². The summed E-state index contributed by atoms with van der Waals surface area (Å²) in [6.07, 6.45) is 12.5. The second kappa shape index (κ2) is 3.51. The Morgan fingerprint density at radius 1 is 1.38 bits per heavy atom. The van der Waals surface area contributed by atoms with Gasteiger partial charge in [-0.15, -0.1) is 0 Å². The highest BCUT2D eigenvalue weighted by atomic mass is 14.6. The van der Waals surface area contributed by atoms with E-state index in [1.807, 2.05) is 0 Å². The SMILES string of the molecule is CC1=CC2CC(=CC[C@H](N)C2)C=C1. The minimum Gasteiger partial charge on any atom is -0.327 e. The zero-order chi connectivity index (χ0) is 9.26. The van der Waals surface area contributed by atoms with Gasteiger partial charge in [-0.1, -0.05) is 35.5 Å². The molecule has 0 aromatic rings. The summed E-state index contributed by atoms with van der Waals surface area (Å²) in [6, 6.07) is 0.359. The van der Waals surface area contributed by atoms with Crippen molar-refractivity contribution in [1.82, 2.24) is 0 Å². The quantitative estimate of drug-likeness (QED) is 0.601. The van der Waals surface area contributed by atoms with E-state index < -0.39 is 0 Å². The fraction of sp³-hybridized carbons (Fsp3) is 0.500. The van der Waals surface area contributed by atoms with Crippen LogP contribution in [0.4, 0.5) is 0 Å². The van der Waals surface area contributed by atoms with E-state index in [0.717, 1.165) is 12.8 Å². The van der Waals surface area contributed by atoms with Crippen LogP contribution in [-0.2, 0) is 0 Å². The Morgan fingerprint density at radius 3 is 3.08 bits per heavy atom. The average molecular weight is 175 g/mol. The predicted octanol–water partition coefficient (Wildman–Crippen LogP) is 2.56. The normalized spacial score (nSPS) is 33.1. The Hall–Kier alpha value is -0.820. The van der Waals surface area contributed by atoms with Crippen molar-refractivity contribution in [2.24, 2.45) is 11.7 Å². The second-order valence-electron chi connectivity index (χ2n) is 4.22. The summed E-state index contributed by atoms with van der Waals surface area (Å²) in [7, 11) is 0.